The Labute approximate surface area is 120 Å². The first-order valence-corrected chi connectivity index (χ1v) is 6.90. The highest BCUT2D eigenvalue weighted by molar-refractivity contribution is 7.98. The Morgan fingerprint density at radius 2 is 2.20 bits per heavy atom. The fourth-order valence-corrected chi connectivity index (χ4v) is 2.52. The average Bonchev–Trinajstić information content (AvgIpc) is 2.39. The topological polar surface area (TPSA) is 63.1 Å². The van der Waals surface area contributed by atoms with Crippen LogP contribution >= 0.6 is 11.8 Å². The maximum absolute atomic E-state index is 13.5. The number of phenolic OH excluding ortho intramolecular Hbond substituents is 1. The maximum Gasteiger partial charge on any atom is 0.188 e. The van der Waals surface area contributed by atoms with E-state index in [9.17, 15) is 14.3 Å². The number of benzene rings is 1. The molecule has 0 amide bonds. The molecule has 0 aliphatic heterocycles. The van der Waals surface area contributed by atoms with Crippen LogP contribution in [0.15, 0.2) is 29.6 Å². The van der Waals surface area contributed by atoms with Crippen molar-refractivity contribution in [3.05, 3.63) is 47.0 Å². The third-order valence-corrected chi connectivity index (χ3v) is 3.57. The summed E-state index contributed by atoms with van der Waals surface area (Å²) in [5.41, 5.74) is 1.17. The Morgan fingerprint density at radius 3 is 2.85 bits per heavy atom. The van der Waals surface area contributed by atoms with Crippen LogP contribution in [0.3, 0.4) is 0 Å². The molecule has 1 heterocycles. The number of phenols is 1. The summed E-state index contributed by atoms with van der Waals surface area (Å²) in [7, 11) is 0. The van der Waals surface area contributed by atoms with E-state index < -0.39 is 5.82 Å². The van der Waals surface area contributed by atoms with E-state index >= 15 is 0 Å². The smallest absolute Gasteiger partial charge is 0.188 e. The summed E-state index contributed by atoms with van der Waals surface area (Å²) in [6.07, 6.45) is 1.64. The molecular weight excluding hydrogens is 279 g/mol. The van der Waals surface area contributed by atoms with Gasteiger partial charge >= 0.3 is 0 Å². The molecule has 2 aromatic rings. The van der Waals surface area contributed by atoms with Crippen LogP contribution in [0.1, 0.15) is 28.5 Å². The molecule has 1 aromatic heterocycles. The van der Waals surface area contributed by atoms with Gasteiger partial charge in [0, 0.05) is 23.2 Å². The van der Waals surface area contributed by atoms with Crippen LogP contribution in [0.25, 0.3) is 0 Å². The summed E-state index contributed by atoms with van der Waals surface area (Å²) in [4.78, 5) is 19.6. The van der Waals surface area contributed by atoms with E-state index in [0.29, 0.717) is 10.7 Å². The predicted molar refractivity (Wildman–Crippen MR) is 74.4 cm³/mol. The summed E-state index contributed by atoms with van der Waals surface area (Å²) in [5, 5.41) is 10.5. The van der Waals surface area contributed by atoms with Gasteiger partial charge < -0.3 is 5.11 Å². The van der Waals surface area contributed by atoms with Crippen LogP contribution in [0.5, 0.6) is 5.75 Å². The zero-order valence-corrected chi connectivity index (χ0v) is 11.9. The molecule has 20 heavy (non-hydrogen) atoms. The zero-order valence-electron chi connectivity index (χ0n) is 11.1. The molecule has 0 saturated heterocycles. The van der Waals surface area contributed by atoms with Crippen molar-refractivity contribution in [2.24, 2.45) is 0 Å². The minimum absolute atomic E-state index is 0.00855. The summed E-state index contributed by atoms with van der Waals surface area (Å²) >= 11 is 1.27. The van der Waals surface area contributed by atoms with Crippen LogP contribution in [0.4, 0.5) is 4.39 Å². The third-order valence-electron chi connectivity index (χ3n) is 2.66. The first kappa shape index (κ1) is 14.5. The zero-order chi connectivity index (χ0) is 14.7. The minimum atomic E-state index is -0.547. The van der Waals surface area contributed by atoms with Gasteiger partial charge in [-0.25, -0.2) is 14.4 Å². The molecule has 104 valence electrons. The van der Waals surface area contributed by atoms with Crippen molar-refractivity contribution in [3.8, 4) is 5.75 Å². The van der Waals surface area contributed by atoms with Gasteiger partial charge in [0.25, 0.3) is 0 Å². The molecule has 0 radical (unpaired) electrons. The fraction of sp³-hybridized carbons (Fsp3) is 0.214. The first-order chi connectivity index (χ1) is 9.47. The van der Waals surface area contributed by atoms with E-state index in [1.807, 2.05) is 6.92 Å². The summed E-state index contributed by atoms with van der Waals surface area (Å²) in [5.74, 6) is -0.819. The fourth-order valence-electron chi connectivity index (χ4n) is 1.67. The number of carbonyl (C=O) groups is 1. The Kier molecular flexibility index (Phi) is 4.34. The van der Waals surface area contributed by atoms with Crippen LogP contribution in [0.2, 0.25) is 0 Å². The molecule has 0 spiro atoms. The molecule has 2 rings (SSSR count). The highest BCUT2D eigenvalue weighted by Gasteiger charge is 2.14. The molecule has 4 nitrogen and oxygen atoms in total. The molecule has 0 saturated carbocycles. The molecule has 0 fully saturated rings. The molecule has 1 N–H and O–H groups in total. The molecule has 1 aromatic carbocycles. The molecule has 0 aliphatic carbocycles. The maximum atomic E-state index is 13.5. The lowest BCUT2D eigenvalue weighted by atomic mass is 10.1. The van der Waals surface area contributed by atoms with E-state index in [-0.39, 0.29) is 22.8 Å². The number of carbonyl (C=O) groups excluding carboxylic acids is 1. The molecule has 6 heteroatoms. The number of hydrogen-bond donors (Lipinski definition) is 1. The monoisotopic (exact) mass is 292 g/mol. The lowest BCUT2D eigenvalue weighted by Crippen LogP contribution is -1.98. The van der Waals surface area contributed by atoms with Crippen molar-refractivity contribution < 1.29 is 14.3 Å². The molecule has 0 atom stereocenters. The number of halogens is 1. The van der Waals surface area contributed by atoms with Crippen molar-refractivity contribution >= 4 is 17.5 Å². The Hall–Kier alpha value is -1.95. The van der Waals surface area contributed by atoms with E-state index in [0.717, 1.165) is 11.8 Å². The number of aromatic nitrogens is 2. The van der Waals surface area contributed by atoms with Gasteiger partial charge in [0.05, 0.1) is 5.56 Å². The van der Waals surface area contributed by atoms with Gasteiger partial charge in [-0.05, 0) is 32.0 Å². The van der Waals surface area contributed by atoms with Gasteiger partial charge in [-0.2, -0.15) is 0 Å². The van der Waals surface area contributed by atoms with Crippen LogP contribution in [-0.2, 0) is 5.75 Å². The number of thioether (sulfide) groups is 1. The van der Waals surface area contributed by atoms with Gasteiger partial charge in [0.15, 0.2) is 10.9 Å². The minimum Gasteiger partial charge on any atom is -0.507 e. The van der Waals surface area contributed by atoms with Crippen molar-refractivity contribution in [3.63, 3.8) is 0 Å². The summed E-state index contributed by atoms with van der Waals surface area (Å²) in [6.45, 7) is 3.13. The van der Waals surface area contributed by atoms with Gasteiger partial charge in [-0.3, -0.25) is 4.79 Å². The number of nitrogens with zero attached hydrogens (tertiary/aromatic N) is 2. The van der Waals surface area contributed by atoms with Crippen LogP contribution < -0.4 is 0 Å². The normalized spacial score (nSPS) is 10.6. The number of aromatic hydroxyl groups is 1. The van der Waals surface area contributed by atoms with Crippen molar-refractivity contribution in [2.45, 2.75) is 24.8 Å². The summed E-state index contributed by atoms with van der Waals surface area (Å²) < 4.78 is 13.5. The SMILES string of the molecule is CC(=O)c1cc(F)cc(CSc2nccc(C)n2)c1O. The Morgan fingerprint density at radius 1 is 1.45 bits per heavy atom. The molecule has 0 aliphatic rings. The quantitative estimate of drug-likeness (QED) is 0.533. The van der Waals surface area contributed by atoms with E-state index in [4.69, 9.17) is 0 Å². The molecular formula is C14H13FN2O2S. The number of hydrogen-bond acceptors (Lipinski definition) is 5. The average molecular weight is 292 g/mol. The Bertz CT molecular complexity index is 662. The van der Waals surface area contributed by atoms with E-state index in [1.165, 1.54) is 24.8 Å². The number of aryl methyl sites for hydroxylation is 1. The molecule has 0 bridgehead atoms. The highest BCUT2D eigenvalue weighted by Crippen LogP contribution is 2.29. The lowest BCUT2D eigenvalue weighted by molar-refractivity contribution is 0.101. The lowest BCUT2D eigenvalue weighted by Gasteiger charge is -2.08. The van der Waals surface area contributed by atoms with Gasteiger partial charge in [0.1, 0.15) is 11.6 Å². The second-order valence-corrected chi connectivity index (χ2v) is 5.23. The van der Waals surface area contributed by atoms with Crippen molar-refractivity contribution in [1.29, 1.82) is 0 Å². The largest absolute Gasteiger partial charge is 0.507 e. The van der Waals surface area contributed by atoms with Gasteiger partial charge in [-0.1, -0.05) is 11.8 Å². The van der Waals surface area contributed by atoms with Crippen molar-refractivity contribution in [2.75, 3.05) is 0 Å². The van der Waals surface area contributed by atoms with Gasteiger partial charge in [0.2, 0.25) is 0 Å². The Balaban J connectivity index is 2.23. The third kappa shape index (κ3) is 3.33. The predicted octanol–water partition coefficient (Wildman–Crippen LogP) is 3.12. The number of Topliss-reactive ketones (excluding diaryl/α,β-unsaturated/α-hetero) is 1. The standard InChI is InChI=1S/C14H13FN2O2S/c1-8-3-4-16-14(17-8)20-7-10-5-11(15)6-12(9(2)18)13(10)19/h3-6,19H,7H2,1-2H3. The number of ketones is 1. The van der Waals surface area contributed by atoms with Crippen LogP contribution in [0, 0.1) is 12.7 Å². The second kappa shape index (κ2) is 6.00. The van der Waals surface area contributed by atoms with E-state index in [2.05, 4.69) is 9.97 Å². The van der Waals surface area contributed by atoms with Gasteiger partial charge in [-0.15, -0.1) is 0 Å². The number of rotatable bonds is 4. The van der Waals surface area contributed by atoms with Crippen molar-refractivity contribution in [1.82, 2.24) is 9.97 Å². The molecule has 0 unspecified atom stereocenters. The first-order valence-electron chi connectivity index (χ1n) is 5.92. The summed E-state index contributed by atoms with van der Waals surface area (Å²) in [6, 6.07) is 4.02. The van der Waals surface area contributed by atoms with Crippen LogP contribution in [-0.4, -0.2) is 20.9 Å². The second-order valence-electron chi connectivity index (χ2n) is 4.29. The highest BCUT2D eigenvalue weighted by atomic mass is 32.2. The van der Waals surface area contributed by atoms with E-state index in [1.54, 1.807) is 12.3 Å².